The van der Waals surface area contributed by atoms with E-state index >= 15 is 0 Å². The standard InChI is InChI=1S/C23H26FN3O4S/c1-16(28)27-13-5-6-17-14-19(10-11-22(17)27)32(30,31)26-12-4-7-18(15-26)23(29)25-21-9-3-2-8-20(21)24/h2-3,8-11,14,18H,4-7,12-13,15H2,1H3,(H,25,29)/t18-/m1/s1. The van der Waals surface area contributed by atoms with E-state index in [0.717, 1.165) is 17.7 Å². The molecule has 32 heavy (non-hydrogen) atoms. The minimum atomic E-state index is -3.80. The number of fused-ring (bicyclic) bond motifs is 1. The lowest BCUT2D eigenvalue weighted by molar-refractivity contribution is -0.121. The van der Waals surface area contributed by atoms with Crippen LogP contribution in [0.25, 0.3) is 0 Å². The van der Waals surface area contributed by atoms with Gasteiger partial charge in [0, 0.05) is 32.2 Å². The Balaban J connectivity index is 1.52. The third-order valence-electron chi connectivity index (χ3n) is 6.07. The first-order valence-electron chi connectivity index (χ1n) is 10.7. The summed E-state index contributed by atoms with van der Waals surface area (Å²) in [6.45, 7) is 2.49. The Morgan fingerprint density at radius 1 is 1.09 bits per heavy atom. The molecule has 170 valence electrons. The molecule has 0 aromatic heterocycles. The lowest BCUT2D eigenvalue weighted by Gasteiger charge is -2.32. The van der Waals surface area contributed by atoms with Gasteiger partial charge in [-0.2, -0.15) is 4.31 Å². The summed E-state index contributed by atoms with van der Waals surface area (Å²) in [6.07, 6.45) is 2.55. The Kier molecular flexibility index (Phi) is 6.30. The largest absolute Gasteiger partial charge is 0.323 e. The second-order valence-corrected chi connectivity index (χ2v) is 10.2. The summed E-state index contributed by atoms with van der Waals surface area (Å²) in [4.78, 5) is 26.4. The van der Waals surface area contributed by atoms with E-state index in [9.17, 15) is 22.4 Å². The van der Waals surface area contributed by atoms with Gasteiger partial charge in [-0.3, -0.25) is 9.59 Å². The number of hydrogen-bond donors (Lipinski definition) is 1. The number of sulfonamides is 1. The van der Waals surface area contributed by atoms with Gasteiger partial charge in [-0.15, -0.1) is 0 Å². The number of carbonyl (C=O) groups excluding carboxylic acids is 2. The molecule has 0 saturated carbocycles. The number of anilines is 2. The molecule has 1 N–H and O–H groups in total. The van der Waals surface area contributed by atoms with Crippen LogP contribution >= 0.6 is 0 Å². The first kappa shape index (κ1) is 22.4. The maximum absolute atomic E-state index is 13.9. The van der Waals surface area contributed by atoms with Gasteiger partial charge in [0.15, 0.2) is 0 Å². The third-order valence-corrected chi connectivity index (χ3v) is 7.94. The summed E-state index contributed by atoms with van der Waals surface area (Å²) < 4.78 is 41.8. The SMILES string of the molecule is CC(=O)N1CCCc2cc(S(=O)(=O)N3CCC[C@@H](C(=O)Nc4ccccc4F)C3)ccc21. The van der Waals surface area contributed by atoms with E-state index in [1.54, 1.807) is 23.1 Å². The number of rotatable bonds is 4. The molecular weight excluding hydrogens is 433 g/mol. The van der Waals surface area contributed by atoms with Crippen molar-refractivity contribution in [3.8, 4) is 0 Å². The maximum Gasteiger partial charge on any atom is 0.243 e. The number of nitrogens with zero attached hydrogens (tertiary/aromatic N) is 2. The lowest BCUT2D eigenvalue weighted by atomic mass is 9.98. The minimum Gasteiger partial charge on any atom is -0.323 e. The molecule has 2 heterocycles. The molecule has 0 unspecified atom stereocenters. The quantitative estimate of drug-likeness (QED) is 0.761. The van der Waals surface area contributed by atoms with E-state index in [0.29, 0.717) is 32.4 Å². The van der Waals surface area contributed by atoms with Crippen LogP contribution in [0.3, 0.4) is 0 Å². The van der Waals surface area contributed by atoms with Crippen LogP contribution in [0.2, 0.25) is 0 Å². The van der Waals surface area contributed by atoms with E-state index in [-0.39, 0.29) is 23.0 Å². The predicted octanol–water partition coefficient (Wildman–Crippen LogP) is 3.16. The monoisotopic (exact) mass is 459 g/mol. The zero-order valence-corrected chi connectivity index (χ0v) is 18.7. The number of carbonyl (C=O) groups is 2. The highest BCUT2D eigenvalue weighted by Gasteiger charge is 2.34. The first-order valence-corrected chi connectivity index (χ1v) is 12.2. The van der Waals surface area contributed by atoms with Crippen molar-refractivity contribution >= 4 is 33.2 Å². The van der Waals surface area contributed by atoms with Crippen LogP contribution in [0.5, 0.6) is 0 Å². The second-order valence-electron chi connectivity index (χ2n) is 8.24. The molecule has 0 spiro atoms. The molecule has 2 aromatic rings. The van der Waals surface area contributed by atoms with Crippen LogP contribution in [0.1, 0.15) is 31.7 Å². The van der Waals surface area contributed by atoms with Crippen molar-refractivity contribution in [1.29, 1.82) is 0 Å². The van der Waals surface area contributed by atoms with E-state index in [1.807, 2.05) is 0 Å². The van der Waals surface area contributed by atoms with E-state index < -0.39 is 27.7 Å². The summed E-state index contributed by atoms with van der Waals surface area (Å²) in [5.74, 6) is -1.56. The summed E-state index contributed by atoms with van der Waals surface area (Å²) >= 11 is 0. The van der Waals surface area contributed by atoms with Gasteiger partial charge in [0.05, 0.1) is 16.5 Å². The van der Waals surface area contributed by atoms with Crippen LogP contribution < -0.4 is 10.2 Å². The molecule has 4 rings (SSSR count). The summed E-state index contributed by atoms with van der Waals surface area (Å²) in [6, 6.07) is 10.8. The normalized spacial score (nSPS) is 19.3. The number of nitrogens with one attached hydrogen (secondary N) is 1. The first-order chi connectivity index (χ1) is 15.3. The molecule has 0 radical (unpaired) electrons. The number of aryl methyl sites for hydroxylation is 1. The van der Waals surface area contributed by atoms with Gasteiger partial charge in [-0.25, -0.2) is 12.8 Å². The summed E-state index contributed by atoms with van der Waals surface area (Å²) in [5, 5.41) is 2.58. The lowest BCUT2D eigenvalue weighted by Crippen LogP contribution is -2.43. The Morgan fingerprint density at radius 3 is 2.62 bits per heavy atom. The van der Waals surface area contributed by atoms with Crippen molar-refractivity contribution in [2.75, 3.05) is 29.9 Å². The number of halogens is 1. The van der Waals surface area contributed by atoms with Crippen molar-refractivity contribution in [3.05, 3.63) is 53.8 Å². The summed E-state index contributed by atoms with van der Waals surface area (Å²) in [5.41, 5.74) is 1.67. The Labute approximate surface area is 187 Å². The molecule has 1 fully saturated rings. The maximum atomic E-state index is 13.9. The van der Waals surface area contributed by atoms with Crippen molar-refractivity contribution in [2.24, 2.45) is 5.92 Å². The van der Waals surface area contributed by atoms with Crippen LogP contribution in [-0.4, -0.2) is 44.2 Å². The molecule has 0 bridgehead atoms. The van der Waals surface area contributed by atoms with Gasteiger partial charge >= 0.3 is 0 Å². The molecule has 2 aliphatic rings. The van der Waals surface area contributed by atoms with Gasteiger partial charge in [0.1, 0.15) is 5.82 Å². The third kappa shape index (κ3) is 4.40. The Morgan fingerprint density at radius 2 is 1.88 bits per heavy atom. The van der Waals surface area contributed by atoms with Gasteiger partial charge in [0.2, 0.25) is 21.8 Å². The smallest absolute Gasteiger partial charge is 0.243 e. The molecule has 0 aliphatic carbocycles. The molecule has 2 aromatic carbocycles. The molecule has 9 heteroatoms. The molecule has 7 nitrogen and oxygen atoms in total. The van der Waals surface area contributed by atoms with Crippen LogP contribution in [0.15, 0.2) is 47.4 Å². The fourth-order valence-electron chi connectivity index (χ4n) is 4.38. The van der Waals surface area contributed by atoms with Gasteiger partial charge in [-0.05, 0) is 61.6 Å². The van der Waals surface area contributed by atoms with Gasteiger partial charge < -0.3 is 10.2 Å². The molecular formula is C23H26FN3O4S. The van der Waals surface area contributed by atoms with Gasteiger partial charge in [-0.1, -0.05) is 12.1 Å². The zero-order chi connectivity index (χ0) is 22.9. The molecule has 1 saturated heterocycles. The molecule has 2 aliphatic heterocycles. The fraction of sp³-hybridized carbons (Fsp3) is 0.391. The zero-order valence-electron chi connectivity index (χ0n) is 17.9. The van der Waals surface area contributed by atoms with Crippen LogP contribution in [-0.2, 0) is 26.0 Å². The van der Waals surface area contributed by atoms with Crippen LogP contribution in [0.4, 0.5) is 15.8 Å². The topological polar surface area (TPSA) is 86.8 Å². The number of hydrogen-bond acceptors (Lipinski definition) is 4. The Hall–Kier alpha value is -2.78. The van der Waals surface area contributed by atoms with Crippen molar-refractivity contribution in [3.63, 3.8) is 0 Å². The minimum absolute atomic E-state index is 0.0409. The average Bonchev–Trinajstić information content (AvgIpc) is 2.79. The van der Waals surface area contributed by atoms with Crippen LogP contribution in [0, 0.1) is 11.7 Å². The highest BCUT2D eigenvalue weighted by molar-refractivity contribution is 7.89. The number of benzene rings is 2. The highest BCUT2D eigenvalue weighted by Crippen LogP contribution is 2.32. The highest BCUT2D eigenvalue weighted by atomic mass is 32.2. The fourth-order valence-corrected chi connectivity index (χ4v) is 5.96. The number of piperidine rings is 1. The van der Waals surface area contributed by atoms with Crippen molar-refractivity contribution < 1.29 is 22.4 Å². The van der Waals surface area contributed by atoms with Crippen molar-refractivity contribution in [2.45, 2.75) is 37.5 Å². The Bertz CT molecular complexity index is 1150. The summed E-state index contributed by atoms with van der Waals surface area (Å²) in [7, 11) is -3.80. The van der Waals surface area contributed by atoms with Gasteiger partial charge in [0.25, 0.3) is 0 Å². The van der Waals surface area contributed by atoms with E-state index in [1.165, 1.54) is 35.5 Å². The van der Waals surface area contributed by atoms with E-state index in [2.05, 4.69) is 5.32 Å². The number of amides is 2. The molecule has 1 atom stereocenters. The average molecular weight is 460 g/mol. The van der Waals surface area contributed by atoms with Crippen molar-refractivity contribution in [1.82, 2.24) is 4.31 Å². The molecule has 2 amide bonds. The number of para-hydroxylation sites is 1. The van der Waals surface area contributed by atoms with E-state index in [4.69, 9.17) is 0 Å². The second kappa shape index (κ2) is 8.99. The predicted molar refractivity (Wildman–Crippen MR) is 119 cm³/mol.